The first-order valence-electron chi connectivity index (χ1n) is 6.36. The molecule has 0 spiro atoms. The summed E-state index contributed by atoms with van der Waals surface area (Å²) in [6.07, 6.45) is 1.55. The van der Waals surface area contributed by atoms with Crippen LogP contribution in [0.4, 0.5) is 4.79 Å². The third-order valence-corrected chi connectivity index (χ3v) is 5.04. The van der Waals surface area contributed by atoms with Gasteiger partial charge in [-0.25, -0.2) is 18.2 Å². The number of carbonyl (C=O) groups excluding carboxylic acids is 1. The molecule has 1 aliphatic rings. The van der Waals surface area contributed by atoms with Gasteiger partial charge in [-0.3, -0.25) is 0 Å². The summed E-state index contributed by atoms with van der Waals surface area (Å²) >= 11 is 0. The van der Waals surface area contributed by atoms with Gasteiger partial charge in [-0.1, -0.05) is 6.92 Å². The monoisotopic (exact) mass is 302 g/mol. The molecule has 1 N–H and O–H groups in total. The number of nitrogens with zero attached hydrogens (tertiary/aromatic N) is 3. The summed E-state index contributed by atoms with van der Waals surface area (Å²) in [4.78, 5) is 19.6. The predicted molar refractivity (Wildman–Crippen MR) is 70.7 cm³/mol. The van der Waals surface area contributed by atoms with E-state index in [-0.39, 0.29) is 18.1 Å². The van der Waals surface area contributed by atoms with Crippen LogP contribution in [0.3, 0.4) is 0 Å². The first-order chi connectivity index (χ1) is 9.48. The lowest BCUT2D eigenvalue weighted by Crippen LogP contribution is -2.50. The molecule has 0 aromatic carbocycles. The molecule has 0 atom stereocenters. The van der Waals surface area contributed by atoms with Crippen LogP contribution >= 0.6 is 0 Å². The maximum absolute atomic E-state index is 12.4. The van der Waals surface area contributed by atoms with Crippen molar-refractivity contribution in [2.24, 2.45) is 0 Å². The molecule has 1 amide bonds. The molecule has 9 heteroatoms. The summed E-state index contributed by atoms with van der Waals surface area (Å²) in [5, 5.41) is 0.0980. The number of hydrogen-bond donors (Lipinski definition) is 1. The molecule has 1 saturated heterocycles. The standard InChI is InChI=1S/C11H18N4O4S/c1-3-9-12-8-10(13-9)20(17,18)15-6-4-14(5-7-15)11(16)19-2/h8H,3-7H2,1-2H3,(H,12,13). The number of carbonyl (C=O) groups is 1. The topological polar surface area (TPSA) is 95.6 Å². The molecular formula is C11H18N4O4S. The zero-order valence-corrected chi connectivity index (χ0v) is 12.3. The maximum Gasteiger partial charge on any atom is 0.409 e. The molecule has 0 saturated carbocycles. The smallest absolute Gasteiger partial charge is 0.409 e. The average Bonchev–Trinajstić information content (AvgIpc) is 2.96. The van der Waals surface area contributed by atoms with Crippen molar-refractivity contribution < 1.29 is 17.9 Å². The Bertz CT molecular complexity index is 575. The van der Waals surface area contributed by atoms with Crippen LogP contribution in [-0.4, -0.2) is 67.0 Å². The number of aryl methyl sites for hydroxylation is 1. The zero-order chi connectivity index (χ0) is 14.8. The molecule has 0 aliphatic carbocycles. The zero-order valence-electron chi connectivity index (χ0n) is 11.5. The van der Waals surface area contributed by atoms with Crippen molar-refractivity contribution >= 4 is 16.1 Å². The lowest BCUT2D eigenvalue weighted by Gasteiger charge is -2.32. The van der Waals surface area contributed by atoms with Crippen LogP contribution in [0, 0.1) is 0 Å². The number of aromatic nitrogens is 2. The quantitative estimate of drug-likeness (QED) is 0.851. The Morgan fingerprint density at radius 2 is 2.05 bits per heavy atom. The van der Waals surface area contributed by atoms with Crippen LogP contribution in [0.15, 0.2) is 11.2 Å². The number of rotatable bonds is 3. The highest BCUT2D eigenvalue weighted by Crippen LogP contribution is 2.16. The lowest BCUT2D eigenvalue weighted by atomic mass is 10.4. The number of methoxy groups -OCH3 is 1. The molecule has 1 aromatic rings. The van der Waals surface area contributed by atoms with Gasteiger partial charge in [0.1, 0.15) is 5.82 Å². The first kappa shape index (κ1) is 14.8. The molecule has 1 aliphatic heterocycles. The second kappa shape index (κ2) is 5.80. The third-order valence-electron chi connectivity index (χ3n) is 3.23. The van der Waals surface area contributed by atoms with E-state index in [0.29, 0.717) is 25.3 Å². The highest BCUT2D eigenvalue weighted by molar-refractivity contribution is 7.89. The minimum atomic E-state index is -3.57. The summed E-state index contributed by atoms with van der Waals surface area (Å²) in [7, 11) is -2.26. The molecule has 0 radical (unpaired) electrons. The second-order valence-corrected chi connectivity index (χ2v) is 6.32. The molecule has 1 fully saturated rings. The average molecular weight is 302 g/mol. The van der Waals surface area contributed by atoms with E-state index in [1.165, 1.54) is 22.5 Å². The number of hydrogen-bond acceptors (Lipinski definition) is 5. The highest BCUT2D eigenvalue weighted by Gasteiger charge is 2.31. The Labute approximate surface area is 117 Å². The normalized spacial score (nSPS) is 17.2. The number of nitrogens with one attached hydrogen (secondary N) is 1. The third kappa shape index (κ3) is 2.78. The van der Waals surface area contributed by atoms with E-state index in [9.17, 15) is 13.2 Å². The van der Waals surface area contributed by atoms with E-state index in [4.69, 9.17) is 0 Å². The van der Waals surface area contributed by atoms with Crippen molar-refractivity contribution in [1.82, 2.24) is 19.2 Å². The van der Waals surface area contributed by atoms with E-state index in [2.05, 4.69) is 14.7 Å². The van der Waals surface area contributed by atoms with Gasteiger partial charge in [0.25, 0.3) is 10.0 Å². The van der Waals surface area contributed by atoms with Gasteiger partial charge in [0.2, 0.25) is 0 Å². The summed E-state index contributed by atoms with van der Waals surface area (Å²) in [6.45, 7) is 3.03. The fourth-order valence-electron chi connectivity index (χ4n) is 2.03. The van der Waals surface area contributed by atoms with Crippen molar-refractivity contribution in [3.8, 4) is 0 Å². The fourth-order valence-corrected chi connectivity index (χ4v) is 3.39. The van der Waals surface area contributed by atoms with Crippen molar-refractivity contribution in [1.29, 1.82) is 0 Å². The van der Waals surface area contributed by atoms with E-state index < -0.39 is 16.1 Å². The molecular weight excluding hydrogens is 284 g/mol. The van der Waals surface area contributed by atoms with Gasteiger partial charge in [-0.2, -0.15) is 4.31 Å². The van der Waals surface area contributed by atoms with Crippen LogP contribution in [-0.2, 0) is 21.2 Å². The van der Waals surface area contributed by atoms with E-state index in [1.807, 2.05) is 6.92 Å². The van der Waals surface area contributed by atoms with Crippen molar-refractivity contribution in [3.63, 3.8) is 0 Å². The molecule has 8 nitrogen and oxygen atoms in total. The second-order valence-electron chi connectivity index (χ2n) is 4.41. The Kier molecular flexibility index (Phi) is 4.29. The van der Waals surface area contributed by atoms with Crippen LogP contribution in [0.5, 0.6) is 0 Å². The molecule has 2 rings (SSSR count). The van der Waals surface area contributed by atoms with E-state index >= 15 is 0 Å². The maximum atomic E-state index is 12.4. The Hall–Kier alpha value is -1.61. The Morgan fingerprint density at radius 1 is 1.40 bits per heavy atom. The van der Waals surface area contributed by atoms with Gasteiger partial charge in [-0.15, -0.1) is 0 Å². The number of aromatic amines is 1. The fraction of sp³-hybridized carbons (Fsp3) is 0.636. The van der Waals surface area contributed by atoms with E-state index in [0.717, 1.165) is 0 Å². The van der Waals surface area contributed by atoms with Crippen LogP contribution in [0.2, 0.25) is 0 Å². The molecule has 0 unspecified atom stereocenters. The van der Waals surface area contributed by atoms with Crippen molar-refractivity contribution in [2.75, 3.05) is 33.3 Å². The van der Waals surface area contributed by atoms with E-state index in [1.54, 1.807) is 0 Å². The predicted octanol–water partition coefficient (Wildman–Crippen LogP) is 0.0448. The number of H-pyrrole nitrogens is 1. The van der Waals surface area contributed by atoms with Crippen molar-refractivity contribution in [2.45, 2.75) is 18.4 Å². The summed E-state index contributed by atoms with van der Waals surface area (Å²) in [6, 6.07) is 0. The van der Waals surface area contributed by atoms with Crippen LogP contribution in [0.25, 0.3) is 0 Å². The Morgan fingerprint density at radius 3 is 2.55 bits per heavy atom. The minimum Gasteiger partial charge on any atom is -0.453 e. The lowest BCUT2D eigenvalue weighted by molar-refractivity contribution is 0.108. The summed E-state index contributed by atoms with van der Waals surface area (Å²) in [5.41, 5.74) is 0. The van der Waals surface area contributed by atoms with Gasteiger partial charge in [0.15, 0.2) is 5.03 Å². The summed E-state index contributed by atoms with van der Waals surface area (Å²) in [5.74, 6) is 0.636. The first-order valence-corrected chi connectivity index (χ1v) is 7.80. The van der Waals surface area contributed by atoms with Crippen LogP contribution < -0.4 is 0 Å². The number of ether oxygens (including phenoxy) is 1. The van der Waals surface area contributed by atoms with Crippen molar-refractivity contribution in [3.05, 3.63) is 12.0 Å². The number of piperazine rings is 1. The molecule has 1 aromatic heterocycles. The van der Waals surface area contributed by atoms with Gasteiger partial charge in [0.05, 0.1) is 13.3 Å². The van der Waals surface area contributed by atoms with Gasteiger partial charge >= 0.3 is 6.09 Å². The minimum absolute atomic E-state index is 0.0980. The van der Waals surface area contributed by atoms with Gasteiger partial charge < -0.3 is 14.6 Å². The molecule has 2 heterocycles. The van der Waals surface area contributed by atoms with Gasteiger partial charge in [-0.05, 0) is 0 Å². The van der Waals surface area contributed by atoms with Crippen LogP contribution in [0.1, 0.15) is 12.7 Å². The Balaban J connectivity index is 2.07. The van der Waals surface area contributed by atoms with Gasteiger partial charge in [0, 0.05) is 32.6 Å². The number of amides is 1. The number of imidazole rings is 1. The summed E-state index contributed by atoms with van der Waals surface area (Å²) < 4.78 is 30.7. The highest BCUT2D eigenvalue weighted by atomic mass is 32.2. The SMILES string of the molecule is CCc1ncc(S(=O)(=O)N2CCN(C(=O)OC)CC2)[nH]1. The number of sulfonamides is 1. The molecule has 0 bridgehead atoms. The molecule has 20 heavy (non-hydrogen) atoms. The molecule has 112 valence electrons. The largest absolute Gasteiger partial charge is 0.453 e.